The number of benzene rings is 2. The lowest BCUT2D eigenvalue weighted by atomic mass is 9.97. The monoisotopic (exact) mass is 447 g/mol. The maximum Gasteiger partial charge on any atom is 0.310 e. The molecule has 2 aromatic carbocycles. The van der Waals surface area contributed by atoms with Crippen LogP contribution in [0.5, 0.6) is 0 Å². The van der Waals surface area contributed by atoms with E-state index in [0.717, 1.165) is 36.2 Å². The van der Waals surface area contributed by atoms with E-state index in [4.69, 9.17) is 9.84 Å². The minimum atomic E-state index is -0.162. The third kappa shape index (κ3) is 5.50. The van der Waals surface area contributed by atoms with Gasteiger partial charge in [0.25, 0.3) is 5.91 Å². The first-order valence-corrected chi connectivity index (χ1v) is 11.9. The van der Waals surface area contributed by atoms with E-state index in [2.05, 4.69) is 67.3 Å². The molecule has 0 radical (unpaired) electrons. The van der Waals surface area contributed by atoms with E-state index in [1.54, 1.807) is 5.01 Å². The molecule has 2 heterocycles. The highest BCUT2D eigenvalue weighted by Gasteiger charge is 2.35. The Morgan fingerprint density at radius 1 is 1.03 bits per heavy atom. The van der Waals surface area contributed by atoms with Crippen LogP contribution in [0.15, 0.2) is 53.6 Å². The van der Waals surface area contributed by atoms with Crippen molar-refractivity contribution in [3.05, 3.63) is 70.8 Å². The molecular weight excluding hydrogens is 414 g/mol. The fraction of sp³-hybridized carbons (Fsp3) is 0.444. The van der Waals surface area contributed by atoms with Crippen molar-refractivity contribution < 1.29 is 14.3 Å². The zero-order valence-corrected chi connectivity index (χ0v) is 19.8. The van der Waals surface area contributed by atoms with Crippen LogP contribution in [-0.2, 0) is 14.3 Å². The Bertz CT molecular complexity index is 1010. The first-order chi connectivity index (χ1) is 15.9. The summed E-state index contributed by atoms with van der Waals surface area (Å²) in [6.45, 7) is 7.95. The second-order valence-electron chi connectivity index (χ2n) is 9.11. The highest BCUT2D eigenvalue weighted by Crippen LogP contribution is 2.33. The topological polar surface area (TPSA) is 62.2 Å². The first-order valence-electron chi connectivity index (χ1n) is 11.9. The van der Waals surface area contributed by atoms with Crippen LogP contribution in [0.3, 0.4) is 0 Å². The summed E-state index contributed by atoms with van der Waals surface area (Å²) >= 11 is 0. The van der Waals surface area contributed by atoms with E-state index >= 15 is 0 Å². The number of hydrogen-bond donors (Lipinski definition) is 0. The van der Waals surface area contributed by atoms with E-state index < -0.39 is 0 Å². The zero-order chi connectivity index (χ0) is 23.4. The largest absolute Gasteiger partial charge is 0.466 e. The van der Waals surface area contributed by atoms with Crippen molar-refractivity contribution in [3.63, 3.8) is 0 Å². The van der Waals surface area contributed by atoms with Gasteiger partial charge in [-0.3, -0.25) is 14.5 Å². The van der Waals surface area contributed by atoms with Gasteiger partial charge in [-0.1, -0.05) is 59.7 Å². The molecule has 2 aromatic rings. The molecular formula is C27H33N3O3. The molecule has 0 bridgehead atoms. The van der Waals surface area contributed by atoms with Gasteiger partial charge in [-0.25, -0.2) is 5.01 Å². The lowest BCUT2D eigenvalue weighted by molar-refractivity contribution is -0.150. The highest BCUT2D eigenvalue weighted by atomic mass is 16.5. The number of piperidine rings is 1. The third-order valence-corrected chi connectivity index (χ3v) is 6.50. The minimum Gasteiger partial charge on any atom is -0.466 e. The van der Waals surface area contributed by atoms with E-state index in [-0.39, 0.29) is 30.4 Å². The van der Waals surface area contributed by atoms with Gasteiger partial charge in [0.2, 0.25) is 0 Å². The number of hydrogen-bond acceptors (Lipinski definition) is 5. The van der Waals surface area contributed by atoms with Crippen molar-refractivity contribution in [3.8, 4) is 0 Å². The standard InChI is InChI=1S/C27H33N3O3/c1-4-33-27(32)23-6-5-15-29(17-23)18-26(31)30-25(22-13-9-20(3)10-14-22)16-24(28-30)21-11-7-19(2)8-12-21/h7-14,23,25H,4-6,15-18H2,1-3H3. The average Bonchev–Trinajstić information content (AvgIpc) is 3.26. The van der Waals surface area contributed by atoms with Gasteiger partial charge in [0.15, 0.2) is 0 Å². The molecule has 33 heavy (non-hydrogen) atoms. The predicted molar refractivity (Wildman–Crippen MR) is 129 cm³/mol. The van der Waals surface area contributed by atoms with Crippen molar-refractivity contribution >= 4 is 17.6 Å². The van der Waals surface area contributed by atoms with Crippen LogP contribution in [-0.4, -0.2) is 53.7 Å². The number of esters is 1. The van der Waals surface area contributed by atoms with Crippen molar-refractivity contribution in [1.82, 2.24) is 9.91 Å². The van der Waals surface area contributed by atoms with Crippen LogP contribution in [0.1, 0.15) is 54.5 Å². The van der Waals surface area contributed by atoms with Gasteiger partial charge in [0.05, 0.1) is 30.8 Å². The zero-order valence-electron chi connectivity index (χ0n) is 19.8. The van der Waals surface area contributed by atoms with Crippen LogP contribution in [0.25, 0.3) is 0 Å². The molecule has 6 heteroatoms. The molecule has 2 aliphatic heterocycles. The van der Waals surface area contributed by atoms with Gasteiger partial charge in [-0.15, -0.1) is 0 Å². The SMILES string of the molecule is CCOC(=O)C1CCCN(CC(=O)N2N=C(c3ccc(C)cc3)CC2c2ccc(C)cc2)C1. The maximum absolute atomic E-state index is 13.5. The Balaban J connectivity index is 1.53. The fourth-order valence-corrected chi connectivity index (χ4v) is 4.62. The molecule has 0 saturated carbocycles. The quantitative estimate of drug-likeness (QED) is 0.621. The lowest BCUT2D eigenvalue weighted by Crippen LogP contribution is -2.44. The summed E-state index contributed by atoms with van der Waals surface area (Å²) in [5.41, 5.74) is 5.45. The van der Waals surface area contributed by atoms with E-state index in [0.29, 0.717) is 19.6 Å². The average molecular weight is 448 g/mol. The summed E-state index contributed by atoms with van der Waals surface area (Å²) < 4.78 is 5.21. The predicted octanol–water partition coefficient (Wildman–Crippen LogP) is 4.26. The van der Waals surface area contributed by atoms with Crippen molar-refractivity contribution in [2.45, 2.75) is 46.1 Å². The Morgan fingerprint density at radius 3 is 2.36 bits per heavy atom. The number of hydrazone groups is 1. The van der Waals surface area contributed by atoms with Gasteiger partial charge in [0.1, 0.15) is 0 Å². The molecule has 4 rings (SSSR count). The van der Waals surface area contributed by atoms with Crippen molar-refractivity contribution in [2.24, 2.45) is 11.0 Å². The molecule has 0 N–H and O–H groups in total. The molecule has 1 saturated heterocycles. The lowest BCUT2D eigenvalue weighted by Gasteiger charge is -2.32. The molecule has 0 spiro atoms. The number of carbonyl (C=O) groups excluding carboxylic acids is 2. The van der Waals surface area contributed by atoms with Crippen LogP contribution >= 0.6 is 0 Å². The molecule has 1 amide bonds. The number of rotatable bonds is 6. The number of aryl methyl sites for hydroxylation is 2. The van der Waals surface area contributed by atoms with Crippen molar-refractivity contribution in [1.29, 1.82) is 0 Å². The van der Waals surface area contributed by atoms with E-state index in [1.165, 1.54) is 11.1 Å². The summed E-state index contributed by atoms with van der Waals surface area (Å²) in [4.78, 5) is 27.7. The number of likely N-dealkylation sites (tertiary alicyclic amines) is 1. The normalized spacial score (nSPS) is 21.1. The Morgan fingerprint density at radius 2 is 1.70 bits per heavy atom. The summed E-state index contributed by atoms with van der Waals surface area (Å²) in [7, 11) is 0. The van der Waals surface area contributed by atoms with Crippen LogP contribution in [0, 0.1) is 19.8 Å². The summed E-state index contributed by atoms with van der Waals surface area (Å²) in [6.07, 6.45) is 2.38. The Labute approximate surface area is 196 Å². The number of ether oxygens (including phenoxy) is 1. The second-order valence-corrected chi connectivity index (χ2v) is 9.11. The van der Waals surface area contributed by atoms with Crippen molar-refractivity contribution in [2.75, 3.05) is 26.2 Å². The Kier molecular flexibility index (Phi) is 7.23. The first kappa shape index (κ1) is 23.2. The molecule has 0 aliphatic carbocycles. The minimum absolute atomic E-state index is 0.0350. The molecule has 2 aliphatic rings. The summed E-state index contributed by atoms with van der Waals surface area (Å²) in [5, 5.41) is 6.46. The Hall–Kier alpha value is -2.99. The van der Waals surface area contributed by atoms with E-state index in [9.17, 15) is 9.59 Å². The van der Waals surface area contributed by atoms with Gasteiger partial charge in [-0.2, -0.15) is 5.10 Å². The summed E-state index contributed by atoms with van der Waals surface area (Å²) in [6, 6.07) is 16.5. The molecule has 0 aromatic heterocycles. The second kappa shape index (κ2) is 10.3. The van der Waals surface area contributed by atoms with E-state index in [1.807, 2.05) is 6.92 Å². The van der Waals surface area contributed by atoms with Crippen LogP contribution in [0.2, 0.25) is 0 Å². The van der Waals surface area contributed by atoms with Gasteiger partial charge in [-0.05, 0) is 51.3 Å². The number of nitrogens with zero attached hydrogens (tertiary/aromatic N) is 3. The summed E-state index contributed by atoms with van der Waals surface area (Å²) in [5.74, 6) is -0.357. The molecule has 6 nitrogen and oxygen atoms in total. The van der Waals surface area contributed by atoms with Gasteiger partial charge < -0.3 is 4.74 Å². The van der Waals surface area contributed by atoms with Gasteiger partial charge in [0, 0.05) is 13.0 Å². The molecule has 2 unspecified atom stereocenters. The number of amides is 1. The van der Waals surface area contributed by atoms with Crippen LogP contribution < -0.4 is 0 Å². The maximum atomic E-state index is 13.5. The molecule has 1 fully saturated rings. The third-order valence-electron chi connectivity index (χ3n) is 6.50. The highest BCUT2D eigenvalue weighted by molar-refractivity contribution is 6.03. The van der Waals surface area contributed by atoms with Crippen LogP contribution in [0.4, 0.5) is 0 Å². The van der Waals surface area contributed by atoms with Gasteiger partial charge >= 0.3 is 5.97 Å². The molecule has 2 atom stereocenters. The smallest absolute Gasteiger partial charge is 0.310 e. The number of carbonyl (C=O) groups is 2. The fourth-order valence-electron chi connectivity index (χ4n) is 4.62. The molecule has 174 valence electrons.